The van der Waals surface area contributed by atoms with Crippen LogP contribution in [0.5, 0.6) is 0 Å². The molecule has 2 unspecified atom stereocenters. The van der Waals surface area contributed by atoms with Gasteiger partial charge in [0.15, 0.2) is 5.60 Å². The lowest BCUT2D eigenvalue weighted by molar-refractivity contribution is -0.140. The van der Waals surface area contributed by atoms with Gasteiger partial charge in [0.25, 0.3) is 0 Å². The summed E-state index contributed by atoms with van der Waals surface area (Å²) in [6, 6.07) is 0. The van der Waals surface area contributed by atoms with Crippen LogP contribution in [0, 0.1) is 0 Å². The SMILES string of the molecule is C1=C2OCC23OCOC3CC1. The van der Waals surface area contributed by atoms with Crippen molar-refractivity contribution in [1.29, 1.82) is 0 Å². The number of ether oxygens (including phenoxy) is 3. The first-order valence-corrected chi connectivity index (χ1v) is 4.01. The molecular formula is C8H10O3. The van der Waals surface area contributed by atoms with Crippen LogP contribution in [0.4, 0.5) is 0 Å². The minimum Gasteiger partial charge on any atom is -0.491 e. The van der Waals surface area contributed by atoms with Gasteiger partial charge in [-0.15, -0.1) is 0 Å². The Bertz CT molecular complexity index is 223. The van der Waals surface area contributed by atoms with E-state index in [9.17, 15) is 0 Å². The molecule has 0 aromatic rings. The largest absolute Gasteiger partial charge is 0.491 e. The minimum absolute atomic E-state index is 0.155. The Hall–Kier alpha value is -0.540. The molecule has 0 saturated carbocycles. The summed E-state index contributed by atoms with van der Waals surface area (Å²) in [5.74, 6) is 1.01. The van der Waals surface area contributed by atoms with Crippen molar-refractivity contribution in [3.8, 4) is 0 Å². The number of hydrogen-bond donors (Lipinski definition) is 0. The van der Waals surface area contributed by atoms with Crippen molar-refractivity contribution < 1.29 is 14.2 Å². The lowest BCUT2D eigenvalue weighted by Crippen LogP contribution is -2.56. The maximum Gasteiger partial charge on any atom is 0.187 e. The van der Waals surface area contributed by atoms with Crippen LogP contribution in [-0.2, 0) is 14.2 Å². The van der Waals surface area contributed by atoms with E-state index in [0.717, 1.165) is 18.6 Å². The maximum absolute atomic E-state index is 5.53. The molecule has 0 aromatic heterocycles. The maximum atomic E-state index is 5.53. The first kappa shape index (κ1) is 6.03. The fourth-order valence-corrected chi connectivity index (χ4v) is 2.03. The van der Waals surface area contributed by atoms with E-state index in [0.29, 0.717) is 13.4 Å². The molecule has 3 aliphatic rings. The summed E-state index contributed by atoms with van der Waals surface area (Å²) >= 11 is 0. The molecule has 2 saturated heterocycles. The van der Waals surface area contributed by atoms with Crippen LogP contribution in [0.1, 0.15) is 12.8 Å². The summed E-state index contributed by atoms with van der Waals surface area (Å²) in [4.78, 5) is 0. The number of rotatable bonds is 0. The van der Waals surface area contributed by atoms with Crippen molar-refractivity contribution in [2.45, 2.75) is 24.5 Å². The molecule has 0 bridgehead atoms. The van der Waals surface area contributed by atoms with Crippen molar-refractivity contribution >= 4 is 0 Å². The topological polar surface area (TPSA) is 27.7 Å². The van der Waals surface area contributed by atoms with Crippen molar-refractivity contribution in [3.63, 3.8) is 0 Å². The highest BCUT2D eigenvalue weighted by atomic mass is 16.7. The monoisotopic (exact) mass is 154 g/mol. The second kappa shape index (κ2) is 1.79. The van der Waals surface area contributed by atoms with Gasteiger partial charge in [-0.3, -0.25) is 0 Å². The van der Waals surface area contributed by atoms with E-state index in [1.165, 1.54) is 0 Å². The number of hydrogen-bond acceptors (Lipinski definition) is 3. The van der Waals surface area contributed by atoms with Crippen LogP contribution in [0.2, 0.25) is 0 Å². The molecule has 11 heavy (non-hydrogen) atoms. The van der Waals surface area contributed by atoms with E-state index in [2.05, 4.69) is 6.08 Å². The predicted octanol–water partition coefficient (Wildman–Crippen LogP) is 0.806. The summed E-state index contributed by atoms with van der Waals surface area (Å²) < 4.78 is 16.3. The van der Waals surface area contributed by atoms with Crippen LogP contribution >= 0.6 is 0 Å². The first-order chi connectivity index (χ1) is 5.42. The highest BCUT2D eigenvalue weighted by molar-refractivity contribution is 5.25. The van der Waals surface area contributed by atoms with E-state index < -0.39 is 0 Å². The highest BCUT2D eigenvalue weighted by Crippen LogP contribution is 2.46. The van der Waals surface area contributed by atoms with Crippen molar-refractivity contribution in [1.82, 2.24) is 0 Å². The zero-order valence-corrected chi connectivity index (χ0v) is 6.21. The summed E-state index contributed by atoms with van der Waals surface area (Å²) in [5.41, 5.74) is -0.155. The normalized spacial score (nSPS) is 46.5. The minimum atomic E-state index is -0.155. The highest BCUT2D eigenvalue weighted by Gasteiger charge is 2.57. The Balaban J connectivity index is 2.02. The van der Waals surface area contributed by atoms with Gasteiger partial charge in [0.1, 0.15) is 25.3 Å². The smallest absolute Gasteiger partial charge is 0.187 e. The fourth-order valence-electron chi connectivity index (χ4n) is 2.03. The Morgan fingerprint density at radius 2 is 2.55 bits per heavy atom. The summed E-state index contributed by atoms with van der Waals surface area (Å²) in [6.07, 6.45) is 4.52. The fraction of sp³-hybridized carbons (Fsp3) is 0.750. The van der Waals surface area contributed by atoms with Crippen molar-refractivity contribution in [2.75, 3.05) is 13.4 Å². The van der Waals surface area contributed by atoms with Crippen LogP contribution < -0.4 is 0 Å². The second-order valence-corrected chi connectivity index (χ2v) is 3.24. The molecule has 3 heteroatoms. The van der Waals surface area contributed by atoms with E-state index in [-0.39, 0.29) is 11.7 Å². The molecule has 2 fully saturated rings. The lowest BCUT2D eigenvalue weighted by Gasteiger charge is -2.44. The Morgan fingerprint density at radius 1 is 1.55 bits per heavy atom. The van der Waals surface area contributed by atoms with Gasteiger partial charge in [0.05, 0.1) is 0 Å². The molecule has 0 N–H and O–H groups in total. The Labute approximate surface area is 64.9 Å². The quantitative estimate of drug-likeness (QED) is 0.516. The molecule has 1 aliphatic carbocycles. The zero-order chi connectivity index (χ0) is 7.31. The van der Waals surface area contributed by atoms with Crippen LogP contribution in [-0.4, -0.2) is 25.1 Å². The van der Waals surface area contributed by atoms with Gasteiger partial charge in [0.2, 0.25) is 0 Å². The van der Waals surface area contributed by atoms with Gasteiger partial charge in [-0.05, 0) is 18.9 Å². The summed E-state index contributed by atoms with van der Waals surface area (Å²) in [5, 5.41) is 0. The second-order valence-electron chi connectivity index (χ2n) is 3.24. The van der Waals surface area contributed by atoms with Gasteiger partial charge in [0, 0.05) is 0 Å². The molecule has 3 rings (SSSR count). The molecule has 0 radical (unpaired) electrons. The van der Waals surface area contributed by atoms with Gasteiger partial charge < -0.3 is 14.2 Å². The Kier molecular flexibility index (Phi) is 0.980. The third-order valence-corrected chi connectivity index (χ3v) is 2.72. The van der Waals surface area contributed by atoms with Gasteiger partial charge in [-0.1, -0.05) is 0 Å². The molecule has 60 valence electrons. The van der Waals surface area contributed by atoms with E-state index >= 15 is 0 Å². The van der Waals surface area contributed by atoms with Gasteiger partial charge in [-0.2, -0.15) is 0 Å². The van der Waals surface area contributed by atoms with E-state index in [1.54, 1.807) is 0 Å². The third-order valence-electron chi connectivity index (χ3n) is 2.72. The lowest BCUT2D eigenvalue weighted by atomic mass is 9.83. The molecule has 3 nitrogen and oxygen atoms in total. The predicted molar refractivity (Wildman–Crippen MR) is 36.8 cm³/mol. The van der Waals surface area contributed by atoms with Crippen LogP contribution in [0.25, 0.3) is 0 Å². The molecule has 2 aliphatic heterocycles. The average Bonchev–Trinajstić information content (AvgIpc) is 2.40. The van der Waals surface area contributed by atoms with Crippen LogP contribution in [0.3, 0.4) is 0 Å². The van der Waals surface area contributed by atoms with Gasteiger partial charge >= 0.3 is 0 Å². The molecular weight excluding hydrogens is 144 g/mol. The Morgan fingerprint density at radius 3 is 3.27 bits per heavy atom. The molecule has 0 aromatic carbocycles. The third kappa shape index (κ3) is 0.567. The zero-order valence-electron chi connectivity index (χ0n) is 6.21. The molecule has 2 heterocycles. The van der Waals surface area contributed by atoms with Gasteiger partial charge in [-0.25, -0.2) is 0 Å². The van der Waals surface area contributed by atoms with Crippen molar-refractivity contribution in [3.05, 3.63) is 11.8 Å². The standard InChI is InChI=1S/C8H10O3/c1-2-6-8(4-9-6)7(3-1)10-5-11-8/h2,7H,1,3-5H2. The van der Waals surface area contributed by atoms with Crippen LogP contribution in [0.15, 0.2) is 11.8 Å². The van der Waals surface area contributed by atoms with E-state index in [1.807, 2.05) is 0 Å². The molecule has 2 atom stereocenters. The first-order valence-electron chi connectivity index (χ1n) is 4.01. The summed E-state index contributed by atoms with van der Waals surface area (Å²) in [6.45, 7) is 1.12. The molecule has 0 amide bonds. The molecule has 1 spiro atoms. The number of allylic oxidation sites excluding steroid dienone is 1. The average molecular weight is 154 g/mol. The van der Waals surface area contributed by atoms with Crippen molar-refractivity contribution in [2.24, 2.45) is 0 Å². The summed E-state index contributed by atoms with van der Waals surface area (Å²) in [7, 11) is 0. The van der Waals surface area contributed by atoms with E-state index in [4.69, 9.17) is 14.2 Å².